The topological polar surface area (TPSA) is 35.6 Å². The summed E-state index contributed by atoms with van der Waals surface area (Å²) in [6.45, 7) is 6.06. The normalized spacial score (nSPS) is 20.1. The smallest absolute Gasteiger partial charge is 0.223 e. The summed E-state index contributed by atoms with van der Waals surface area (Å²) in [6.07, 6.45) is 3.39. The van der Waals surface area contributed by atoms with Crippen LogP contribution in [0.2, 0.25) is 0 Å². The van der Waals surface area contributed by atoms with Crippen LogP contribution in [0.1, 0.15) is 19.3 Å². The second-order valence-electron chi connectivity index (χ2n) is 6.08. The fraction of sp³-hybridized carbons (Fsp3) is 0.588. The highest BCUT2D eigenvalue weighted by Crippen LogP contribution is 2.26. The summed E-state index contributed by atoms with van der Waals surface area (Å²) in [5.41, 5.74) is 1.32. The van der Waals surface area contributed by atoms with Crippen LogP contribution in [0.15, 0.2) is 30.3 Å². The summed E-state index contributed by atoms with van der Waals surface area (Å²) >= 11 is 0. The fourth-order valence-corrected chi connectivity index (χ4v) is 3.02. The van der Waals surface area contributed by atoms with E-state index in [0.717, 1.165) is 52.1 Å². The molecule has 1 aliphatic carbocycles. The number of hydrogen-bond donors (Lipinski definition) is 1. The zero-order valence-electron chi connectivity index (χ0n) is 12.6. The molecule has 1 N–H and O–H groups in total. The molecule has 1 saturated carbocycles. The first-order valence-electron chi connectivity index (χ1n) is 8.13. The Balaban J connectivity index is 1.35. The number of carbonyl (C=O) groups excluding carboxylic acids is 1. The van der Waals surface area contributed by atoms with E-state index in [-0.39, 0.29) is 5.91 Å². The highest BCUT2D eigenvalue weighted by Gasteiger charge is 2.25. The molecule has 1 saturated heterocycles. The third kappa shape index (κ3) is 3.76. The maximum Gasteiger partial charge on any atom is 0.223 e. The number of para-hydroxylation sites is 1. The van der Waals surface area contributed by atoms with E-state index in [4.69, 9.17) is 0 Å². The zero-order valence-corrected chi connectivity index (χ0v) is 12.6. The number of carbonyl (C=O) groups is 1. The average molecular weight is 287 g/mol. The highest BCUT2D eigenvalue weighted by atomic mass is 16.1. The van der Waals surface area contributed by atoms with E-state index in [1.54, 1.807) is 0 Å². The second-order valence-corrected chi connectivity index (χ2v) is 6.08. The average Bonchev–Trinajstić information content (AvgIpc) is 2.47. The van der Waals surface area contributed by atoms with Gasteiger partial charge in [-0.2, -0.15) is 0 Å². The van der Waals surface area contributed by atoms with Crippen molar-refractivity contribution in [2.24, 2.45) is 5.92 Å². The third-order valence-electron chi connectivity index (χ3n) is 4.70. The molecule has 1 aromatic carbocycles. The van der Waals surface area contributed by atoms with Crippen LogP contribution in [-0.2, 0) is 4.79 Å². The van der Waals surface area contributed by atoms with Crippen molar-refractivity contribution in [2.75, 3.05) is 44.2 Å². The zero-order chi connectivity index (χ0) is 14.5. The Morgan fingerprint density at radius 1 is 1.10 bits per heavy atom. The number of hydrogen-bond acceptors (Lipinski definition) is 3. The van der Waals surface area contributed by atoms with Crippen LogP contribution in [0.3, 0.4) is 0 Å². The Labute approximate surface area is 127 Å². The van der Waals surface area contributed by atoms with Crippen LogP contribution < -0.4 is 10.2 Å². The van der Waals surface area contributed by atoms with Crippen LogP contribution in [0.4, 0.5) is 5.69 Å². The van der Waals surface area contributed by atoms with Crippen molar-refractivity contribution in [1.29, 1.82) is 0 Å². The minimum atomic E-state index is 0.268. The first kappa shape index (κ1) is 14.4. The molecule has 4 heteroatoms. The molecular weight excluding hydrogens is 262 g/mol. The Hall–Kier alpha value is -1.55. The lowest BCUT2D eigenvalue weighted by atomic mass is 9.85. The Morgan fingerprint density at radius 2 is 1.81 bits per heavy atom. The van der Waals surface area contributed by atoms with Crippen LogP contribution >= 0.6 is 0 Å². The van der Waals surface area contributed by atoms with Gasteiger partial charge >= 0.3 is 0 Å². The molecule has 2 fully saturated rings. The molecule has 0 unspecified atom stereocenters. The number of amides is 1. The van der Waals surface area contributed by atoms with Gasteiger partial charge in [0.05, 0.1) is 0 Å². The van der Waals surface area contributed by atoms with Crippen LogP contribution in [-0.4, -0.2) is 50.1 Å². The van der Waals surface area contributed by atoms with Crippen molar-refractivity contribution in [3.05, 3.63) is 30.3 Å². The number of anilines is 1. The molecule has 114 valence electrons. The van der Waals surface area contributed by atoms with Crippen molar-refractivity contribution in [1.82, 2.24) is 10.2 Å². The predicted molar refractivity (Wildman–Crippen MR) is 85.4 cm³/mol. The van der Waals surface area contributed by atoms with Crippen molar-refractivity contribution in [3.63, 3.8) is 0 Å². The molecule has 0 atom stereocenters. The molecule has 21 heavy (non-hydrogen) atoms. The lowest BCUT2D eigenvalue weighted by Gasteiger charge is -2.36. The van der Waals surface area contributed by atoms with E-state index in [0.29, 0.717) is 5.92 Å². The predicted octanol–water partition coefficient (Wildman–Crippen LogP) is 1.72. The minimum Gasteiger partial charge on any atom is -0.369 e. The molecular formula is C17H25N3O. The Bertz CT molecular complexity index is 450. The molecule has 4 nitrogen and oxygen atoms in total. The molecule has 3 rings (SSSR count). The summed E-state index contributed by atoms with van der Waals surface area (Å²) in [7, 11) is 0. The molecule has 1 aliphatic heterocycles. The second kappa shape index (κ2) is 6.94. The number of rotatable bonds is 5. The molecule has 0 spiro atoms. The highest BCUT2D eigenvalue weighted by molar-refractivity contribution is 5.79. The van der Waals surface area contributed by atoms with Gasteiger partial charge in [-0.05, 0) is 25.0 Å². The van der Waals surface area contributed by atoms with E-state index in [1.807, 2.05) is 0 Å². The van der Waals surface area contributed by atoms with Crippen LogP contribution in [0, 0.1) is 5.92 Å². The first-order valence-corrected chi connectivity index (χ1v) is 8.13. The van der Waals surface area contributed by atoms with Crippen LogP contribution in [0.5, 0.6) is 0 Å². The van der Waals surface area contributed by atoms with Gasteiger partial charge in [0.15, 0.2) is 0 Å². The van der Waals surface area contributed by atoms with Gasteiger partial charge in [0.25, 0.3) is 0 Å². The summed E-state index contributed by atoms with van der Waals surface area (Å²) in [6, 6.07) is 10.6. The van der Waals surface area contributed by atoms with E-state index in [9.17, 15) is 4.79 Å². The van der Waals surface area contributed by atoms with Crippen molar-refractivity contribution in [3.8, 4) is 0 Å². The molecule has 0 aromatic heterocycles. The summed E-state index contributed by atoms with van der Waals surface area (Å²) in [4.78, 5) is 16.6. The SMILES string of the molecule is O=C(NCCN1CCN(c2ccccc2)CC1)C1CCC1. The summed E-state index contributed by atoms with van der Waals surface area (Å²) in [5.74, 6) is 0.573. The van der Waals surface area contributed by atoms with Gasteiger partial charge in [-0.25, -0.2) is 0 Å². The lowest BCUT2D eigenvalue weighted by Crippen LogP contribution is -2.49. The first-order chi connectivity index (χ1) is 10.3. The number of piperazine rings is 1. The Morgan fingerprint density at radius 3 is 2.43 bits per heavy atom. The quantitative estimate of drug-likeness (QED) is 0.896. The number of benzene rings is 1. The third-order valence-corrected chi connectivity index (χ3v) is 4.70. The van der Waals surface area contributed by atoms with Crippen LogP contribution in [0.25, 0.3) is 0 Å². The van der Waals surface area contributed by atoms with Gasteiger partial charge in [0.1, 0.15) is 0 Å². The van der Waals surface area contributed by atoms with E-state index in [1.165, 1.54) is 12.1 Å². The maximum absolute atomic E-state index is 11.8. The van der Waals surface area contributed by atoms with Gasteiger partial charge in [-0.15, -0.1) is 0 Å². The lowest BCUT2D eigenvalue weighted by molar-refractivity contribution is -0.127. The minimum absolute atomic E-state index is 0.268. The van der Waals surface area contributed by atoms with Crippen molar-refractivity contribution < 1.29 is 4.79 Å². The van der Waals surface area contributed by atoms with Crippen molar-refractivity contribution >= 4 is 11.6 Å². The molecule has 0 bridgehead atoms. The summed E-state index contributed by atoms with van der Waals surface area (Å²) < 4.78 is 0. The molecule has 1 heterocycles. The molecule has 0 radical (unpaired) electrons. The standard InChI is InChI=1S/C17H25N3O/c21-17(15-5-4-6-15)18-9-10-19-11-13-20(14-12-19)16-7-2-1-3-8-16/h1-3,7-8,15H,4-6,9-14H2,(H,18,21). The van der Waals surface area contributed by atoms with Gasteiger partial charge in [-0.3, -0.25) is 9.69 Å². The monoisotopic (exact) mass is 287 g/mol. The molecule has 2 aliphatic rings. The largest absolute Gasteiger partial charge is 0.369 e. The number of nitrogens with zero attached hydrogens (tertiary/aromatic N) is 2. The van der Waals surface area contributed by atoms with E-state index >= 15 is 0 Å². The van der Waals surface area contributed by atoms with E-state index in [2.05, 4.69) is 45.4 Å². The van der Waals surface area contributed by atoms with E-state index < -0.39 is 0 Å². The summed E-state index contributed by atoms with van der Waals surface area (Å²) in [5, 5.41) is 3.08. The van der Waals surface area contributed by atoms with Gasteiger partial charge in [-0.1, -0.05) is 24.6 Å². The molecule has 1 aromatic rings. The number of nitrogens with one attached hydrogen (secondary N) is 1. The fourth-order valence-electron chi connectivity index (χ4n) is 3.02. The van der Waals surface area contributed by atoms with Gasteiger partial charge in [0.2, 0.25) is 5.91 Å². The Kier molecular flexibility index (Phi) is 4.76. The molecule has 1 amide bonds. The maximum atomic E-state index is 11.8. The van der Waals surface area contributed by atoms with Gasteiger partial charge in [0, 0.05) is 50.9 Å². The van der Waals surface area contributed by atoms with Crippen molar-refractivity contribution in [2.45, 2.75) is 19.3 Å². The van der Waals surface area contributed by atoms with Gasteiger partial charge < -0.3 is 10.2 Å².